The third kappa shape index (κ3) is 2.50. The predicted molar refractivity (Wildman–Crippen MR) is 82.4 cm³/mol. The van der Waals surface area contributed by atoms with Gasteiger partial charge in [0.25, 0.3) is 0 Å². The second kappa shape index (κ2) is 5.41. The third-order valence-corrected chi connectivity index (χ3v) is 4.01. The molecule has 0 saturated heterocycles. The zero-order valence-corrected chi connectivity index (χ0v) is 12.6. The van der Waals surface area contributed by atoms with Gasteiger partial charge in [-0.3, -0.25) is 0 Å². The van der Waals surface area contributed by atoms with E-state index < -0.39 is 0 Å². The van der Waals surface area contributed by atoms with E-state index in [4.69, 9.17) is 0 Å². The molecule has 0 atom stereocenters. The summed E-state index contributed by atoms with van der Waals surface area (Å²) in [6, 6.07) is 6.59. The van der Waals surface area contributed by atoms with Crippen LogP contribution in [0.3, 0.4) is 0 Å². The summed E-state index contributed by atoms with van der Waals surface area (Å²) in [6.45, 7) is 8.37. The van der Waals surface area contributed by atoms with Crippen molar-refractivity contribution in [2.45, 2.75) is 46.1 Å². The van der Waals surface area contributed by atoms with Crippen molar-refractivity contribution in [3.63, 3.8) is 0 Å². The maximum Gasteiger partial charge on any atom is 0.0680 e. The van der Waals surface area contributed by atoms with Crippen LogP contribution in [-0.4, -0.2) is 16.3 Å². The van der Waals surface area contributed by atoms with Crippen LogP contribution in [0.4, 0.5) is 0 Å². The topological polar surface area (TPSA) is 29.9 Å². The molecule has 3 heteroatoms. The van der Waals surface area contributed by atoms with Crippen molar-refractivity contribution < 1.29 is 0 Å². The Labute approximate surface area is 121 Å². The highest BCUT2D eigenvalue weighted by molar-refractivity contribution is 5.45. The Morgan fingerprint density at radius 1 is 1.30 bits per heavy atom. The number of hydrogen-bond acceptors (Lipinski definition) is 2. The molecule has 0 aliphatic heterocycles. The number of nitrogens with one attached hydrogen (secondary N) is 1. The largest absolute Gasteiger partial charge is 0.313 e. The monoisotopic (exact) mass is 269 g/mol. The Balaban J connectivity index is 2.04. The normalized spacial score (nSPS) is 14.8. The molecule has 3 rings (SSSR count). The molecule has 106 valence electrons. The van der Waals surface area contributed by atoms with Gasteiger partial charge in [0.2, 0.25) is 0 Å². The fourth-order valence-electron chi connectivity index (χ4n) is 2.72. The Morgan fingerprint density at radius 2 is 2.10 bits per heavy atom. The molecule has 1 saturated carbocycles. The molecule has 1 heterocycles. The molecule has 1 aromatic carbocycles. The lowest BCUT2D eigenvalue weighted by atomic mass is 10.1. The number of rotatable bonds is 5. The van der Waals surface area contributed by atoms with E-state index >= 15 is 0 Å². The molecular formula is C17H23N3. The van der Waals surface area contributed by atoms with Gasteiger partial charge in [-0.05, 0) is 50.4 Å². The second-order valence-electron chi connectivity index (χ2n) is 5.81. The molecule has 1 aromatic heterocycles. The van der Waals surface area contributed by atoms with E-state index in [2.05, 4.69) is 54.1 Å². The minimum atomic E-state index is 0.700. The number of aryl methyl sites for hydroxylation is 2. The minimum absolute atomic E-state index is 0.700. The van der Waals surface area contributed by atoms with E-state index in [1.165, 1.54) is 40.9 Å². The summed E-state index contributed by atoms with van der Waals surface area (Å²) >= 11 is 0. The van der Waals surface area contributed by atoms with Crippen LogP contribution in [0.15, 0.2) is 24.4 Å². The Bertz CT molecular complexity index is 609. The number of benzene rings is 1. The lowest BCUT2D eigenvalue weighted by molar-refractivity contribution is 0.714. The van der Waals surface area contributed by atoms with Gasteiger partial charge in [0.05, 0.1) is 17.6 Å². The second-order valence-corrected chi connectivity index (χ2v) is 5.81. The fraction of sp³-hybridized carbons (Fsp3) is 0.471. The maximum atomic E-state index is 4.68. The van der Waals surface area contributed by atoms with Crippen molar-refractivity contribution in [1.82, 2.24) is 15.1 Å². The number of hydrogen-bond donors (Lipinski definition) is 1. The quantitative estimate of drug-likeness (QED) is 0.900. The summed E-state index contributed by atoms with van der Waals surface area (Å²) in [4.78, 5) is 0. The first-order valence-corrected chi connectivity index (χ1v) is 7.56. The van der Waals surface area contributed by atoms with Crippen LogP contribution in [0.1, 0.15) is 48.1 Å². The van der Waals surface area contributed by atoms with Crippen LogP contribution in [0.25, 0.3) is 5.69 Å². The van der Waals surface area contributed by atoms with Gasteiger partial charge in [0, 0.05) is 18.0 Å². The smallest absolute Gasteiger partial charge is 0.0680 e. The van der Waals surface area contributed by atoms with Gasteiger partial charge in [0.1, 0.15) is 0 Å². The van der Waals surface area contributed by atoms with Crippen molar-refractivity contribution in [3.05, 3.63) is 46.8 Å². The fourth-order valence-corrected chi connectivity index (χ4v) is 2.72. The molecule has 1 fully saturated rings. The van der Waals surface area contributed by atoms with Crippen molar-refractivity contribution in [2.24, 2.45) is 0 Å². The molecule has 1 N–H and O–H groups in total. The average molecular weight is 269 g/mol. The van der Waals surface area contributed by atoms with Crippen LogP contribution < -0.4 is 5.32 Å². The Hall–Kier alpha value is -1.61. The van der Waals surface area contributed by atoms with E-state index in [0.717, 1.165) is 13.1 Å². The summed E-state index contributed by atoms with van der Waals surface area (Å²) in [5.74, 6) is 0.700. The van der Waals surface area contributed by atoms with Gasteiger partial charge in [-0.2, -0.15) is 5.10 Å². The van der Waals surface area contributed by atoms with Gasteiger partial charge in [-0.15, -0.1) is 0 Å². The molecule has 0 radical (unpaired) electrons. The van der Waals surface area contributed by atoms with Crippen molar-refractivity contribution >= 4 is 0 Å². The predicted octanol–water partition coefficient (Wildman–Crippen LogP) is 3.48. The van der Waals surface area contributed by atoms with E-state index in [9.17, 15) is 0 Å². The first-order chi connectivity index (χ1) is 9.70. The Morgan fingerprint density at radius 3 is 2.80 bits per heavy atom. The molecule has 0 spiro atoms. The van der Waals surface area contributed by atoms with Crippen molar-refractivity contribution in [1.29, 1.82) is 0 Å². The van der Waals surface area contributed by atoms with Crippen molar-refractivity contribution in [3.8, 4) is 5.69 Å². The highest BCUT2D eigenvalue weighted by atomic mass is 15.3. The lowest BCUT2D eigenvalue weighted by Gasteiger charge is -2.12. The van der Waals surface area contributed by atoms with E-state index in [1.54, 1.807) is 0 Å². The number of nitrogens with zero attached hydrogens (tertiary/aromatic N) is 2. The average Bonchev–Trinajstić information content (AvgIpc) is 3.19. The SMILES string of the molecule is CCNCc1cnn(-c2cc(C)ccc2C)c1C1CC1. The maximum absolute atomic E-state index is 4.68. The lowest BCUT2D eigenvalue weighted by Crippen LogP contribution is -2.13. The van der Waals surface area contributed by atoms with E-state index in [0.29, 0.717) is 5.92 Å². The van der Waals surface area contributed by atoms with Gasteiger partial charge in [-0.1, -0.05) is 19.1 Å². The summed E-state index contributed by atoms with van der Waals surface area (Å²) in [7, 11) is 0. The molecule has 0 amide bonds. The van der Waals surface area contributed by atoms with Crippen LogP contribution in [-0.2, 0) is 6.54 Å². The van der Waals surface area contributed by atoms with Crippen LogP contribution in [0, 0.1) is 13.8 Å². The van der Waals surface area contributed by atoms with Crippen molar-refractivity contribution in [2.75, 3.05) is 6.54 Å². The van der Waals surface area contributed by atoms with E-state index in [-0.39, 0.29) is 0 Å². The van der Waals surface area contributed by atoms with Gasteiger partial charge >= 0.3 is 0 Å². The number of aromatic nitrogens is 2. The molecule has 2 aromatic rings. The molecule has 1 aliphatic rings. The molecular weight excluding hydrogens is 246 g/mol. The standard InChI is InChI=1S/C17H23N3/c1-4-18-10-15-11-19-20(17(15)14-7-8-14)16-9-12(2)5-6-13(16)3/h5-6,9,11,14,18H,4,7-8,10H2,1-3H3. The molecule has 0 bridgehead atoms. The minimum Gasteiger partial charge on any atom is -0.313 e. The van der Waals surface area contributed by atoms with Crippen LogP contribution in [0.5, 0.6) is 0 Å². The van der Waals surface area contributed by atoms with Gasteiger partial charge < -0.3 is 5.32 Å². The Kier molecular flexibility index (Phi) is 3.62. The molecule has 20 heavy (non-hydrogen) atoms. The summed E-state index contributed by atoms with van der Waals surface area (Å²) in [5.41, 5.74) is 6.58. The van der Waals surface area contributed by atoms with Crippen LogP contribution >= 0.6 is 0 Å². The van der Waals surface area contributed by atoms with Gasteiger partial charge in [0.15, 0.2) is 0 Å². The molecule has 3 nitrogen and oxygen atoms in total. The third-order valence-electron chi connectivity index (χ3n) is 4.01. The first-order valence-electron chi connectivity index (χ1n) is 7.56. The van der Waals surface area contributed by atoms with Crippen LogP contribution in [0.2, 0.25) is 0 Å². The highest BCUT2D eigenvalue weighted by Gasteiger charge is 2.30. The molecule has 0 unspecified atom stereocenters. The summed E-state index contributed by atoms with van der Waals surface area (Å²) in [6.07, 6.45) is 4.64. The van der Waals surface area contributed by atoms with E-state index in [1.807, 2.05) is 6.20 Å². The summed E-state index contributed by atoms with van der Waals surface area (Å²) < 4.78 is 2.17. The molecule has 1 aliphatic carbocycles. The summed E-state index contributed by atoms with van der Waals surface area (Å²) in [5, 5.41) is 8.10. The van der Waals surface area contributed by atoms with Gasteiger partial charge in [-0.25, -0.2) is 4.68 Å². The highest BCUT2D eigenvalue weighted by Crippen LogP contribution is 2.42. The zero-order chi connectivity index (χ0) is 14.1. The zero-order valence-electron chi connectivity index (χ0n) is 12.6. The first kappa shape index (κ1) is 13.4.